The van der Waals surface area contributed by atoms with Crippen LogP contribution in [-0.2, 0) is 9.47 Å². The molecule has 0 bridgehead atoms. The van der Waals surface area contributed by atoms with E-state index in [1.165, 1.54) is 24.3 Å². The van der Waals surface area contributed by atoms with Crippen molar-refractivity contribution in [2.75, 3.05) is 13.2 Å². The van der Waals surface area contributed by atoms with Gasteiger partial charge in [-0.15, -0.1) is 0 Å². The van der Waals surface area contributed by atoms with Crippen molar-refractivity contribution in [1.82, 2.24) is 4.98 Å². The number of ether oxygens (including phenoxy) is 2. The normalized spacial score (nSPS) is 10.4. The Labute approximate surface area is 156 Å². The maximum absolute atomic E-state index is 12.6. The molecule has 0 aliphatic carbocycles. The van der Waals surface area contributed by atoms with E-state index in [0.29, 0.717) is 22.5 Å². The van der Waals surface area contributed by atoms with Gasteiger partial charge in [-0.1, -0.05) is 0 Å². The molecule has 1 aromatic carbocycles. The van der Waals surface area contributed by atoms with Gasteiger partial charge in [0.05, 0.1) is 40.7 Å². The van der Waals surface area contributed by atoms with Crippen molar-refractivity contribution in [1.29, 1.82) is 0 Å². The zero-order valence-corrected chi connectivity index (χ0v) is 15.6. The standard InChI is InChI=1S/C19H20N2O6/c1-5-26-18(22)15-11(3)20-12(4)16(19(23)27-6-2)17(15)13-7-9-14(10-8-13)21(24)25/h7-10H,5-6H2,1-4H3. The molecule has 0 saturated carbocycles. The minimum Gasteiger partial charge on any atom is -0.462 e. The van der Waals surface area contributed by atoms with Crippen LogP contribution in [0.15, 0.2) is 24.3 Å². The fourth-order valence-corrected chi connectivity index (χ4v) is 2.79. The van der Waals surface area contributed by atoms with E-state index in [1.54, 1.807) is 27.7 Å². The van der Waals surface area contributed by atoms with E-state index in [1.807, 2.05) is 0 Å². The number of non-ortho nitro benzene ring substituents is 1. The van der Waals surface area contributed by atoms with Gasteiger partial charge in [0.2, 0.25) is 0 Å². The van der Waals surface area contributed by atoms with Crippen LogP contribution < -0.4 is 0 Å². The number of benzene rings is 1. The summed E-state index contributed by atoms with van der Waals surface area (Å²) in [6.45, 7) is 6.94. The van der Waals surface area contributed by atoms with Gasteiger partial charge in [-0.25, -0.2) is 9.59 Å². The minimum atomic E-state index is -0.624. The largest absolute Gasteiger partial charge is 0.462 e. The first kappa shape index (κ1) is 20.0. The van der Waals surface area contributed by atoms with E-state index >= 15 is 0 Å². The van der Waals surface area contributed by atoms with Gasteiger partial charge >= 0.3 is 11.9 Å². The Kier molecular flexibility index (Phi) is 6.23. The Balaban J connectivity index is 2.81. The number of carbonyl (C=O) groups is 2. The minimum absolute atomic E-state index is 0.100. The Morgan fingerprint density at radius 3 is 1.78 bits per heavy atom. The molecule has 27 heavy (non-hydrogen) atoms. The first-order valence-electron chi connectivity index (χ1n) is 8.42. The van der Waals surface area contributed by atoms with Gasteiger partial charge in [0, 0.05) is 17.7 Å². The molecule has 1 heterocycles. The number of aryl methyl sites for hydroxylation is 2. The summed E-state index contributed by atoms with van der Waals surface area (Å²) in [7, 11) is 0. The summed E-state index contributed by atoms with van der Waals surface area (Å²) in [4.78, 5) is 39.8. The van der Waals surface area contributed by atoms with Crippen molar-refractivity contribution in [3.8, 4) is 11.1 Å². The van der Waals surface area contributed by atoms with Gasteiger partial charge in [0.25, 0.3) is 5.69 Å². The highest BCUT2D eigenvalue weighted by Crippen LogP contribution is 2.33. The summed E-state index contributed by atoms with van der Waals surface area (Å²) in [5, 5.41) is 10.9. The number of nitrogens with zero attached hydrogens (tertiary/aromatic N) is 2. The second-order valence-corrected chi connectivity index (χ2v) is 5.65. The van der Waals surface area contributed by atoms with Crippen LogP contribution in [0.1, 0.15) is 46.0 Å². The highest BCUT2D eigenvalue weighted by molar-refractivity contribution is 6.07. The van der Waals surface area contributed by atoms with Crippen molar-refractivity contribution >= 4 is 17.6 Å². The number of rotatable bonds is 6. The number of hydrogen-bond acceptors (Lipinski definition) is 7. The molecular weight excluding hydrogens is 352 g/mol. The molecule has 0 N–H and O–H groups in total. The van der Waals surface area contributed by atoms with Crippen LogP contribution in [0.2, 0.25) is 0 Å². The molecule has 0 amide bonds. The number of nitro benzene ring substituents is 1. The van der Waals surface area contributed by atoms with E-state index in [9.17, 15) is 19.7 Å². The summed E-state index contributed by atoms with van der Waals surface area (Å²) in [6.07, 6.45) is 0. The van der Waals surface area contributed by atoms with Gasteiger partial charge < -0.3 is 9.47 Å². The molecule has 2 aromatic rings. The summed E-state index contributed by atoms with van der Waals surface area (Å²) in [5.41, 5.74) is 1.72. The Hall–Kier alpha value is -3.29. The van der Waals surface area contributed by atoms with Gasteiger partial charge in [0.1, 0.15) is 0 Å². The van der Waals surface area contributed by atoms with Crippen LogP contribution in [0, 0.1) is 24.0 Å². The molecule has 8 heteroatoms. The summed E-state index contributed by atoms with van der Waals surface area (Å²) < 4.78 is 10.3. The number of nitro groups is 1. The van der Waals surface area contributed by atoms with Crippen molar-refractivity contribution in [3.05, 3.63) is 56.9 Å². The number of esters is 2. The predicted octanol–water partition coefficient (Wildman–Crippen LogP) is 3.63. The third kappa shape index (κ3) is 4.11. The Morgan fingerprint density at radius 2 is 1.41 bits per heavy atom. The highest BCUT2D eigenvalue weighted by atomic mass is 16.6. The van der Waals surface area contributed by atoms with Gasteiger partial charge in [-0.3, -0.25) is 15.1 Å². The summed E-state index contributed by atoms with van der Waals surface area (Å²) in [6, 6.07) is 5.59. The predicted molar refractivity (Wildman–Crippen MR) is 97.7 cm³/mol. The summed E-state index contributed by atoms with van der Waals surface area (Å²) in [5.74, 6) is -1.25. The molecule has 8 nitrogen and oxygen atoms in total. The highest BCUT2D eigenvalue weighted by Gasteiger charge is 2.28. The molecule has 0 radical (unpaired) electrons. The maximum Gasteiger partial charge on any atom is 0.340 e. The van der Waals surface area contributed by atoms with E-state index < -0.39 is 16.9 Å². The first-order chi connectivity index (χ1) is 12.8. The Bertz CT molecular complexity index is 848. The second-order valence-electron chi connectivity index (χ2n) is 5.65. The number of pyridine rings is 1. The fourth-order valence-electron chi connectivity index (χ4n) is 2.79. The van der Waals surface area contributed by atoms with E-state index in [-0.39, 0.29) is 30.0 Å². The van der Waals surface area contributed by atoms with Crippen LogP contribution in [0.5, 0.6) is 0 Å². The second kappa shape index (κ2) is 8.39. The molecule has 2 rings (SSSR count). The molecule has 0 saturated heterocycles. The SMILES string of the molecule is CCOC(=O)c1c(C)nc(C)c(C(=O)OCC)c1-c1ccc([N+](=O)[O-])cc1. The van der Waals surface area contributed by atoms with E-state index in [0.717, 1.165) is 0 Å². The number of aromatic nitrogens is 1. The lowest BCUT2D eigenvalue weighted by Crippen LogP contribution is -2.17. The molecule has 0 unspecified atom stereocenters. The lowest BCUT2D eigenvalue weighted by Gasteiger charge is -2.17. The van der Waals surface area contributed by atoms with Crippen molar-refractivity contribution < 1.29 is 24.0 Å². The average molecular weight is 372 g/mol. The molecule has 0 fully saturated rings. The van der Waals surface area contributed by atoms with Crippen LogP contribution in [0.4, 0.5) is 5.69 Å². The number of hydrogen-bond donors (Lipinski definition) is 0. The van der Waals surface area contributed by atoms with Crippen LogP contribution in [-0.4, -0.2) is 35.1 Å². The van der Waals surface area contributed by atoms with Crippen LogP contribution in [0.25, 0.3) is 11.1 Å². The van der Waals surface area contributed by atoms with Crippen molar-refractivity contribution in [2.45, 2.75) is 27.7 Å². The van der Waals surface area contributed by atoms with Crippen molar-refractivity contribution in [2.24, 2.45) is 0 Å². The van der Waals surface area contributed by atoms with Gasteiger partial charge in [-0.05, 0) is 45.4 Å². The monoisotopic (exact) mass is 372 g/mol. The van der Waals surface area contributed by atoms with Crippen LogP contribution >= 0.6 is 0 Å². The lowest BCUT2D eigenvalue weighted by atomic mass is 9.92. The summed E-state index contributed by atoms with van der Waals surface area (Å²) >= 11 is 0. The van der Waals surface area contributed by atoms with Gasteiger partial charge in [0.15, 0.2) is 0 Å². The molecule has 0 atom stereocenters. The fraction of sp³-hybridized carbons (Fsp3) is 0.316. The van der Waals surface area contributed by atoms with E-state index in [2.05, 4.69) is 4.98 Å². The topological polar surface area (TPSA) is 109 Å². The van der Waals surface area contributed by atoms with Crippen LogP contribution in [0.3, 0.4) is 0 Å². The quantitative estimate of drug-likeness (QED) is 0.433. The molecule has 1 aromatic heterocycles. The smallest absolute Gasteiger partial charge is 0.340 e. The third-order valence-corrected chi connectivity index (χ3v) is 3.88. The number of carbonyl (C=O) groups excluding carboxylic acids is 2. The molecule has 0 aliphatic heterocycles. The Morgan fingerprint density at radius 1 is 0.963 bits per heavy atom. The lowest BCUT2D eigenvalue weighted by molar-refractivity contribution is -0.384. The molecule has 0 spiro atoms. The average Bonchev–Trinajstić information content (AvgIpc) is 2.61. The molecule has 142 valence electrons. The zero-order valence-electron chi connectivity index (χ0n) is 15.6. The van der Waals surface area contributed by atoms with Gasteiger partial charge in [-0.2, -0.15) is 0 Å². The first-order valence-corrected chi connectivity index (χ1v) is 8.42. The zero-order chi connectivity index (χ0) is 20.1. The molecule has 0 aliphatic rings. The third-order valence-electron chi connectivity index (χ3n) is 3.88. The van der Waals surface area contributed by atoms with Crippen molar-refractivity contribution in [3.63, 3.8) is 0 Å². The van der Waals surface area contributed by atoms with E-state index in [4.69, 9.17) is 9.47 Å². The maximum atomic E-state index is 12.6. The molecular formula is C19H20N2O6.